The SMILES string of the molecule is CC(CN)C(F)CCOCc1ccccc1. The zero-order chi connectivity index (χ0) is 11.8. The first-order valence-corrected chi connectivity index (χ1v) is 5.70. The second-order valence-electron chi connectivity index (χ2n) is 4.06. The van der Waals surface area contributed by atoms with Crippen molar-refractivity contribution in [2.75, 3.05) is 13.2 Å². The lowest BCUT2D eigenvalue weighted by Crippen LogP contribution is -2.23. The molecule has 0 saturated heterocycles. The zero-order valence-corrected chi connectivity index (χ0v) is 9.73. The molecule has 0 radical (unpaired) electrons. The highest BCUT2D eigenvalue weighted by Crippen LogP contribution is 2.10. The number of hydrogen-bond donors (Lipinski definition) is 1. The van der Waals surface area contributed by atoms with E-state index in [0.29, 0.717) is 26.2 Å². The van der Waals surface area contributed by atoms with Crippen LogP contribution in [-0.4, -0.2) is 19.3 Å². The van der Waals surface area contributed by atoms with Gasteiger partial charge in [0.1, 0.15) is 6.17 Å². The highest BCUT2D eigenvalue weighted by atomic mass is 19.1. The van der Waals surface area contributed by atoms with Gasteiger partial charge in [-0.05, 0) is 18.0 Å². The molecule has 90 valence electrons. The van der Waals surface area contributed by atoms with E-state index in [9.17, 15) is 4.39 Å². The Hall–Kier alpha value is -0.930. The Balaban J connectivity index is 2.13. The Morgan fingerprint density at radius 3 is 2.62 bits per heavy atom. The topological polar surface area (TPSA) is 35.2 Å². The molecule has 2 nitrogen and oxygen atoms in total. The van der Waals surface area contributed by atoms with Gasteiger partial charge in [0, 0.05) is 13.0 Å². The molecule has 3 heteroatoms. The Morgan fingerprint density at radius 2 is 2.00 bits per heavy atom. The molecule has 0 aromatic heterocycles. The minimum atomic E-state index is -0.860. The smallest absolute Gasteiger partial charge is 0.106 e. The number of benzene rings is 1. The van der Waals surface area contributed by atoms with Gasteiger partial charge in [0.2, 0.25) is 0 Å². The summed E-state index contributed by atoms with van der Waals surface area (Å²) in [5.41, 5.74) is 6.50. The van der Waals surface area contributed by atoms with Crippen molar-refractivity contribution in [3.63, 3.8) is 0 Å². The van der Waals surface area contributed by atoms with E-state index < -0.39 is 6.17 Å². The normalized spacial score (nSPS) is 14.7. The predicted molar refractivity (Wildman–Crippen MR) is 63.8 cm³/mol. The molecule has 1 aromatic rings. The van der Waals surface area contributed by atoms with Crippen molar-refractivity contribution in [1.82, 2.24) is 0 Å². The van der Waals surface area contributed by atoms with Gasteiger partial charge in [0.05, 0.1) is 6.61 Å². The third kappa shape index (κ3) is 4.73. The lowest BCUT2D eigenvalue weighted by molar-refractivity contribution is 0.0889. The Morgan fingerprint density at radius 1 is 1.31 bits per heavy atom. The number of ether oxygens (including phenoxy) is 1. The van der Waals surface area contributed by atoms with Gasteiger partial charge in [-0.15, -0.1) is 0 Å². The van der Waals surface area contributed by atoms with Gasteiger partial charge < -0.3 is 10.5 Å². The van der Waals surface area contributed by atoms with Crippen molar-refractivity contribution in [2.24, 2.45) is 11.7 Å². The van der Waals surface area contributed by atoms with Crippen LogP contribution in [0, 0.1) is 5.92 Å². The molecule has 0 bridgehead atoms. The summed E-state index contributed by atoms with van der Waals surface area (Å²) >= 11 is 0. The van der Waals surface area contributed by atoms with Crippen LogP contribution in [0.3, 0.4) is 0 Å². The highest BCUT2D eigenvalue weighted by Gasteiger charge is 2.13. The average Bonchev–Trinajstić information content (AvgIpc) is 2.34. The first-order chi connectivity index (χ1) is 7.74. The minimum absolute atomic E-state index is 0.0830. The van der Waals surface area contributed by atoms with Crippen molar-refractivity contribution >= 4 is 0 Å². The molecule has 0 fully saturated rings. The molecule has 0 heterocycles. The van der Waals surface area contributed by atoms with E-state index in [1.54, 1.807) is 0 Å². The summed E-state index contributed by atoms with van der Waals surface area (Å²) in [6, 6.07) is 9.88. The molecule has 16 heavy (non-hydrogen) atoms. The first-order valence-electron chi connectivity index (χ1n) is 5.70. The Bertz CT molecular complexity index is 279. The van der Waals surface area contributed by atoms with Crippen LogP contribution in [0.25, 0.3) is 0 Å². The number of hydrogen-bond acceptors (Lipinski definition) is 2. The van der Waals surface area contributed by atoms with E-state index in [0.717, 1.165) is 5.56 Å². The number of rotatable bonds is 7. The summed E-state index contributed by atoms with van der Waals surface area (Å²) in [5.74, 6) is -0.0830. The van der Waals surface area contributed by atoms with Crippen molar-refractivity contribution in [3.8, 4) is 0 Å². The van der Waals surface area contributed by atoms with E-state index in [2.05, 4.69) is 0 Å². The van der Waals surface area contributed by atoms with Crippen LogP contribution >= 0.6 is 0 Å². The lowest BCUT2D eigenvalue weighted by Gasteiger charge is -2.14. The maximum Gasteiger partial charge on any atom is 0.106 e. The summed E-state index contributed by atoms with van der Waals surface area (Å²) in [6.07, 6.45) is -0.439. The monoisotopic (exact) mass is 225 g/mol. The number of halogens is 1. The predicted octanol–water partition coefficient (Wildman–Crippen LogP) is 2.53. The number of nitrogens with two attached hydrogens (primary N) is 1. The molecule has 1 aromatic carbocycles. The van der Waals surface area contributed by atoms with Crippen LogP contribution in [0.1, 0.15) is 18.9 Å². The molecule has 0 aliphatic carbocycles. The number of alkyl halides is 1. The van der Waals surface area contributed by atoms with Crippen LogP contribution in [0.2, 0.25) is 0 Å². The van der Waals surface area contributed by atoms with Gasteiger partial charge in [-0.25, -0.2) is 4.39 Å². The largest absolute Gasteiger partial charge is 0.377 e. The second kappa shape index (κ2) is 7.36. The minimum Gasteiger partial charge on any atom is -0.377 e. The average molecular weight is 225 g/mol. The van der Waals surface area contributed by atoms with Crippen LogP contribution in [-0.2, 0) is 11.3 Å². The van der Waals surface area contributed by atoms with Gasteiger partial charge in [-0.2, -0.15) is 0 Å². The van der Waals surface area contributed by atoms with Gasteiger partial charge >= 0.3 is 0 Å². The zero-order valence-electron chi connectivity index (χ0n) is 9.73. The van der Waals surface area contributed by atoms with Gasteiger partial charge in [0.15, 0.2) is 0 Å². The maximum atomic E-state index is 13.4. The van der Waals surface area contributed by atoms with E-state index in [4.69, 9.17) is 10.5 Å². The highest BCUT2D eigenvalue weighted by molar-refractivity contribution is 5.13. The first kappa shape index (κ1) is 13.1. The molecule has 0 amide bonds. The summed E-state index contributed by atoms with van der Waals surface area (Å²) in [4.78, 5) is 0. The quantitative estimate of drug-likeness (QED) is 0.724. The van der Waals surface area contributed by atoms with Crippen molar-refractivity contribution in [1.29, 1.82) is 0 Å². The molecule has 0 saturated carbocycles. The summed E-state index contributed by atoms with van der Waals surface area (Å²) < 4.78 is 18.8. The van der Waals surface area contributed by atoms with E-state index >= 15 is 0 Å². The van der Waals surface area contributed by atoms with Crippen LogP contribution in [0.15, 0.2) is 30.3 Å². The molecule has 1 rings (SSSR count). The van der Waals surface area contributed by atoms with E-state index in [1.807, 2.05) is 37.3 Å². The summed E-state index contributed by atoms with van der Waals surface area (Å²) in [7, 11) is 0. The summed E-state index contributed by atoms with van der Waals surface area (Å²) in [6.45, 7) is 3.20. The molecule has 2 N–H and O–H groups in total. The Kier molecular flexibility index (Phi) is 6.04. The van der Waals surface area contributed by atoms with Crippen LogP contribution < -0.4 is 5.73 Å². The molecular weight excluding hydrogens is 205 g/mol. The fourth-order valence-corrected chi connectivity index (χ4v) is 1.39. The van der Waals surface area contributed by atoms with Crippen molar-refractivity contribution < 1.29 is 9.13 Å². The third-order valence-corrected chi connectivity index (χ3v) is 2.64. The van der Waals surface area contributed by atoms with Gasteiger partial charge in [-0.3, -0.25) is 0 Å². The summed E-state index contributed by atoms with van der Waals surface area (Å²) in [5, 5.41) is 0. The van der Waals surface area contributed by atoms with Crippen molar-refractivity contribution in [2.45, 2.75) is 26.1 Å². The van der Waals surface area contributed by atoms with E-state index in [-0.39, 0.29) is 5.92 Å². The molecule has 0 aliphatic heterocycles. The molecule has 2 atom stereocenters. The lowest BCUT2D eigenvalue weighted by atomic mass is 10.0. The van der Waals surface area contributed by atoms with Gasteiger partial charge in [0.25, 0.3) is 0 Å². The maximum absolute atomic E-state index is 13.4. The third-order valence-electron chi connectivity index (χ3n) is 2.64. The molecular formula is C13H20FNO. The standard InChI is InChI=1S/C13H20FNO/c1-11(9-15)13(14)7-8-16-10-12-5-3-2-4-6-12/h2-6,11,13H,7-10,15H2,1H3. The Labute approximate surface area is 96.6 Å². The molecule has 0 aliphatic rings. The van der Waals surface area contributed by atoms with Crippen LogP contribution in [0.5, 0.6) is 0 Å². The van der Waals surface area contributed by atoms with Crippen molar-refractivity contribution in [3.05, 3.63) is 35.9 Å². The van der Waals surface area contributed by atoms with Crippen LogP contribution in [0.4, 0.5) is 4.39 Å². The van der Waals surface area contributed by atoms with Gasteiger partial charge in [-0.1, -0.05) is 37.3 Å². The van der Waals surface area contributed by atoms with E-state index in [1.165, 1.54) is 0 Å². The fourth-order valence-electron chi connectivity index (χ4n) is 1.39. The fraction of sp³-hybridized carbons (Fsp3) is 0.538. The molecule has 2 unspecified atom stereocenters. The second-order valence-corrected chi connectivity index (χ2v) is 4.06. The molecule has 0 spiro atoms.